The quantitative estimate of drug-likeness (QED) is 0.153. The van der Waals surface area contributed by atoms with Crippen LogP contribution in [0, 0.1) is 11.8 Å². The first-order chi connectivity index (χ1) is 16.7. The van der Waals surface area contributed by atoms with Crippen molar-refractivity contribution >= 4 is 53.6 Å². The first-order valence-corrected chi connectivity index (χ1v) is 14.4. The van der Waals surface area contributed by atoms with Crippen LogP contribution >= 0.6 is 22.7 Å². The van der Waals surface area contributed by atoms with Gasteiger partial charge in [-0.3, -0.25) is 0 Å². The van der Waals surface area contributed by atoms with Crippen molar-refractivity contribution in [2.24, 2.45) is 0 Å². The molecule has 2 aromatic heterocycles. The molecule has 3 aromatic carbocycles. The van der Waals surface area contributed by atoms with Gasteiger partial charge in [0.2, 0.25) is 0 Å². The average molecular weight is 481 g/mol. The fourth-order valence-electron chi connectivity index (χ4n) is 4.60. The second-order valence-corrected chi connectivity index (χ2v) is 11.5. The van der Waals surface area contributed by atoms with Crippen molar-refractivity contribution < 1.29 is 0 Å². The Morgan fingerprint density at radius 2 is 1.29 bits per heavy atom. The number of aryl methyl sites for hydroxylation is 2. The van der Waals surface area contributed by atoms with E-state index in [-0.39, 0.29) is 0 Å². The van der Waals surface area contributed by atoms with Crippen LogP contribution in [0.15, 0.2) is 60.7 Å². The van der Waals surface area contributed by atoms with Crippen molar-refractivity contribution in [1.82, 2.24) is 0 Å². The Hall–Kier alpha value is -2.60. The van der Waals surface area contributed by atoms with Crippen LogP contribution in [0.5, 0.6) is 0 Å². The smallest absolute Gasteiger partial charge is 0.0784 e. The molecule has 0 bridgehead atoms. The molecule has 0 unspecified atom stereocenters. The topological polar surface area (TPSA) is 0 Å². The molecule has 0 spiro atoms. The predicted molar refractivity (Wildman–Crippen MR) is 154 cm³/mol. The van der Waals surface area contributed by atoms with Crippen molar-refractivity contribution in [3.05, 3.63) is 81.5 Å². The van der Waals surface area contributed by atoms with Gasteiger partial charge in [0.25, 0.3) is 0 Å². The van der Waals surface area contributed by atoms with E-state index in [9.17, 15) is 0 Å². The molecular formula is C32H32S2. The molecule has 5 aromatic rings. The Balaban J connectivity index is 1.34. The van der Waals surface area contributed by atoms with E-state index in [1.54, 1.807) is 11.3 Å². The minimum Gasteiger partial charge on any atom is -0.140 e. The maximum absolute atomic E-state index is 3.38. The number of thiophene rings is 2. The third kappa shape index (κ3) is 5.38. The van der Waals surface area contributed by atoms with Crippen molar-refractivity contribution in [3.63, 3.8) is 0 Å². The lowest BCUT2D eigenvalue weighted by molar-refractivity contribution is 0.609. The van der Waals surface area contributed by atoms with Gasteiger partial charge in [-0.25, -0.2) is 0 Å². The van der Waals surface area contributed by atoms with Crippen LogP contribution in [0.3, 0.4) is 0 Å². The van der Waals surface area contributed by atoms with Gasteiger partial charge in [-0.2, -0.15) is 0 Å². The van der Waals surface area contributed by atoms with E-state index in [1.807, 2.05) is 11.3 Å². The lowest BCUT2D eigenvalue weighted by Gasteiger charge is -1.99. The Bertz CT molecular complexity index is 1400. The highest BCUT2D eigenvalue weighted by Gasteiger charge is 2.07. The van der Waals surface area contributed by atoms with Gasteiger partial charge in [0.05, 0.1) is 4.88 Å². The first-order valence-electron chi connectivity index (χ1n) is 12.7. The molecule has 0 amide bonds. The average Bonchev–Trinajstić information content (AvgIpc) is 3.44. The molecule has 2 heteroatoms. The van der Waals surface area contributed by atoms with Crippen molar-refractivity contribution in [1.29, 1.82) is 0 Å². The lowest BCUT2D eigenvalue weighted by atomic mass is 10.1. The number of hydrogen-bond donors (Lipinski definition) is 0. The SMILES string of the molecule is CCCCCCCCc1cc2cc3cc4cc(C#Cc5ccc(CC)cc5)sc4cc3cc2s1. The van der Waals surface area contributed by atoms with Gasteiger partial charge in [-0.05, 0) is 94.9 Å². The number of benzene rings is 3. The van der Waals surface area contributed by atoms with Crippen LogP contribution in [0.2, 0.25) is 0 Å². The molecule has 5 rings (SSSR count). The molecule has 0 aliphatic heterocycles. The highest BCUT2D eigenvalue weighted by Crippen LogP contribution is 2.35. The van der Waals surface area contributed by atoms with Gasteiger partial charge < -0.3 is 0 Å². The summed E-state index contributed by atoms with van der Waals surface area (Å²) in [4.78, 5) is 2.67. The molecule has 0 fully saturated rings. The van der Waals surface area contributed by atoms with Gasteiger partial charge in [0.15, 0.2) is 0 Å². The van der Waals surface area contributed by atoms with Crippen LogP contribution in [-0.2, 0) is 12.8 Å². The van der Waals surface area contributed by atoms with E-state index in [2.05, 4.69) is 86.4 Å². The van der Waals surface area contributed by atoms with E-state index >= 15 is 0 Å². The van der Waals surface area contributed by atoms with Gasteiger partial charge >= 0.3 is 0 Å². The predicted octanol–water partition coefficient (Wildman–Crippen LogP) is 10.1. The zero-order valence-electron chi connectivity index (χ0n) is 20.2. The molecule has 0 nitrogen and oxygen atoms in total. The summed E-state index contributed by atoms with van der Waals surface area (Å²) in [6, 6.07) is 22.7. The number of unbranched alkanes of at least 4 members (excludes halogenated alkanes) is 5. The Morgan fingerprint density at radius 3 is 2.06 bits per heavy atom. The third-order valence-electron chi connectivity index (χ3n) is 6.63. The van der Waals surface area contributed by atoms with Crippen molar-refractivity contribution in [2.45, 2.75) is 65.2 Å². The largest absolute Gasteiger partial charge is 0.140 e. The second kappa shape index (κ2) is 10.8. The maximum atomic E-state index is 3.38. The highest BCUT2D eigenvalue weighted by atomic mass is 32.1. The van der Waals surface area contributed by atoms with Crippen LogP contribution in [0.25, 0.3) is 30.9 Å². The summed E-state index contributed by atoms with van der Waals surface area (Å²) in [6.45, 7) is 4.46. The van der Waals surface area contributed by atoms with E-state index < -0.39 is 0 Å². The first kappa shape index (κ1) is 23.2. The maximum Gasteiger partial charge on any atom is 0.0784 e. The number of fused-ring (bicyclic) bond motifs is 3. The molecular weight excluding hydrogens is 448 g/mol. The van der Waals surface area contributed by atoms with E-state index in [1.165, 1.54) is 86.3 Å². The molecule has 172 valence electrons. The summed E-state index contributed by atoms with van der Waals surface area (Å²) in [5, 5.41) is 5.36. The van der Waals surface area contributed by atoms with E-state index in [0.717, 1.165) is 16.9 Å². The van der Waals surface area contributed by atoms with Gasteiger partial charge in [-0.15, -0.1) is 22.7 Å². The highest BCUT2D eigenvalue weighted by molar-refractivity contribution is 7.20. The van der Waals surface area contributed by atoms with Crippen molar-refractivity contribution in [2.75, 3.05) is 0 Å². The molecule has 2 heterocycles. The Labute approximate surface area is 211 Å². The number of rotatable bonds is 8. The normalized spacial score (nSPS) is 11.4. The van der Waals surface area contributed by atoms with Crippen LogP contribution in [-0.4, -0.2) is 0 Å². The summed E-state index contributed by atoms with van der Waals surface area (Å²) in [5.41, 5.74) is 2.44. The minimum atomic E-state index is 1.07. The summed E-state index contributed by atoms with van der Waals surface area (Å²) in [7, 11) is 0. The van der Waals surface area contributed by atoms with Gasteiger partial charge in [0, 0.05) is 19.8 Å². The zero-order chi connectivity index (χ0) is 23.3. The molecule has 0 atom stereocenters. The molecule has 0 radical (unpaired) electrons. The molecule has 0 aliphatic carbocycles. The van der Waals surface area contributed by atoms with Crippen LogP contribution in [0.1, 0.15) is 73.3 Å². The van der Waals surface area contributed by atoms with Gasteiger partial charge in [0.1, 0.15) is 0 Å². The molecule has 0 saturated carbocycles. The summed E-state index contributed by atoms with van der Waals surface area (Å²) in [5.74, 6) is 6.72. The standard InChI is InChI=1S/C32H32S2/c1-3-5-6-7-8-9-10-29-19-27-17-25-18-28-20-30(16-15-24-13-11-23(4-2)12-14-24)34-32(28)22-26(25)21-31(27)33-29/h11-14,17-22H,3-10H2,1-2H3. The minimum absolute atomic E-state index is 1.07. The van der Waals surface area contributed by atoms with E-state index in [0.29, 0.717) is 0 Å². The fraction of sp³-hybridized carbons (Fsp3) is 0.312. The van der Waals surface area contributed by atoms with E-state index in [4.69, 9.17) is 0 Å². The molecule has 0 aliphatic rings. The summed E-state index contributed by atoms with van der Waals surface area (Å²) >= 11 is 3.78. The second-order valence-electron chi connectivity index (χ2n) is 9.27. The molecule has 0 saturated heterocycles. The van der Waals surface area contributed by atoms with Crippen LogP contribution < -0.4 is 0 Å². The molecule has 0 N–H and O–H groups in total. The van der Waals surface area contributed by atoms with Gasteiger partial charge in [-0.1, -0.05) is 69.9 Å². The monoisotopic (exact) mass is 480 g/mol. The molecule has 34 heavy (non-hydrogen) atoms. The number of hydrogen-bond acceptors (Lipinski definition) is 2. The zero-order valence-corrected chi connectivity index (χ0v) is 21.9. The summed E-state index contributed by atoms with van der Waals surface area (Å²) in [6.07, 6.45) is 10.5. The summed E-state index contributed by atoms with van der Waals surface area (Å²) < 4.78 is 2.74. The van der Waals surface area contributed by atoms with Crippen LogP contribution in [0.4, 0.5) is 0 Å². The fourth-order valence-corrected chi connectivity index (χ4v) is 6.68. The Morgan fingerprint density at radius 1 is 0.618 bits per heavy atom. The van der Waals surface area contributed by atoms with Crippen molar-refractivity contribution in [3.8, 4) is 11.8 Å². The Kier molecular flexibility index (Phi) is 7.33. The third-order valence-corrected chi connectivity index (χ3v) is 8.80. The lowest BCUT2D eigenvalue weighted by Crippen LogP contribution is -1.82.